The number of ether oxygens (including phenoxy) is 1. The Hall–Kier alpha value is -1.23. The topological polar surface area (TPSA) is 34.2 Å². The first-order chi connectivity index (χ1) is 10.3. The number of hydrogen-bond acceptors (Lipinski definition) is 4. The minimum atomic E-state index is 0.174. The Morgan fingerprint density at radius 1 is 1.33 bits per heavy atom. The van der Waals surface area contributed by atoms with Crippen molar-refractivity contribution in [2.24, 2.45) is 5.92 Å². The molecule has 4 heteroatoms. The average Bonchev–Trinajstić information content (AvgIpc) is 3.27. The number of rotatable bonds is 7. The molecule has 1 aliphatic carbocycles. The fourth-order valence-electron chi connectivity index (χ4n) is 2.56. The summed E-state index contributed by atoms with van der Waals surface area (Å²) in [5.74, 6) is 0.664. The molecule has 0 spiro atoms. The van der Waals surface area contributed by atoms with Gasteiger partial charge in [-0.15, -0.1) is 11.3 Å². The smallest absolute Gasteiger partial charge is 0.123 e. The quantitative estimate of drug-likeness (QED) is 0.839. The third-order valence-corrected chi connectivity index (χ3v) is 5.05. The standard InChI is InChI=1S/C17H22N2OS/c1-3-18-11-14-16(13-7-5-4-6-8-13)21-17(19-14)15(20-2)12-9-10-12/h4-8,12,15,18H,3,9-11H2,1-2H3. The highest BCUT2D eigenvalue weighted by Crippen LogP contribution is 2.45. The summed E-state index contributed by atoms with van der Waals surface area (Å²) in [4.78, 5) is 6.16. The Kier molecular flexibility index (Phi) is 4.68. The van der Waals surface area contributed by atoms with E-state index >= 15 is 0 Å². The first-order valence-electron chi connectivity index (χ1n) is 7.62. The molecule has 1 aliphatic rings. The van der Waals surface area contributed by atoms with Gasteiger partial charge in [0.05, 0.1) is 10.6 Å². The molecule has 1 N–H and O–H groups in total. The zero-order valence-corrected chi connectivity index (χ0v) is 13.5. The van der Waals surface area contributed by atoms with Gasteiger partial charge in [-0.2, -0.15) is 0 Å². The molecule has 1 saturated carbocycles. The minimum absolute atomic E-state index is 0.174. The van der Waals surface area contributed by atoms with E-state index in [9.17, 15) is 0 Å². The molecule has 1 fully saturated rings. The van der Waals surface area contributed by atoms with Crippen LogP contribution in [-0.2, 0) is 11.3 Å². The molecule has 2 aromatic rings. The van der Waals surface area contributed by atoms with Crippen LogP contribution in [0.1, 0.15) is 36.6 Å². The van der Waals surface area contributed by atoms with Gasteiger partial charge in [-0.05, 0) is 30.9 Å². The fourth-order valence-corrected chi connectivity index (χ4v) is 3.82. The van der Waals surface area contributed by atoms with Crippen molar-refractivity contribution in [3.8, 4) is 10.4 Å². The van der Waals surface area contributed by atoms with E-state index in [4.69, 9.17) is 9.72 Å². The van der Waals surface area contributed by atoms with Gasteiger partial charge in [-0.25, -0.2) is 4.98 Å². The predicted molar refractivity (Wildman–Crippen MR) is 87.4 cm³/mol. The summed E-state index contributed by atoms with van der Waals surface area (Å²) in [5.41, 5.74) is 2.39. The maximum absolute atomic E-state index is 5.70. The van der Waals surface area contributed by atoms with Gasteiger partial charge in [0, 0.05) is 13.7 Å². The fraction of sp³-hybridized carbons (Fsp3) is 0.471. The Bertz CT molecular complexity index is 578. The Morgan fingerprint density at radius 3 is 2.71 bits per heavy atom. The second kappa shape index (κ2) is 6.69. The Balaban J connectivity index is 1.94. The molecule has 0 amide bonds. The lowest BCUT2D eigenvalue weighted by molar-refractivity contribution is 0.0842. The van der Waals surface area contributed by atoms with Crippen molar-refractivity contribution in [1.29, 1.82) is 0 Å². The number of hydrogen-bond donors (Lipinski definition) is 1. The molecular weight excluding hydrogens is 280 g/mol. The summed E-state index contributed by atoms with van der Waals surface area (Å²) < 4.78 is 5.70. The van der Waals surface area contributed by atoms with Crippen molar-refractivity contribution in [3.05, 3.63) is 41.0 Å². The summed E-state index contributed by atoms with van der Waals surface area (Å²) in [5, 5.41) is 4.52. The number of methoxy groups -OCH3 is 1. The average molecular weight is 302 g/mol. The molecule has 112 valence electrons. The molecule has 3 nitrogen and oxygen atoms in total. The molecule has 0 saturated heterocycles. The van der Waals surface area contributed by atoms with E-state index in [0.29, 0.717) is 5.92 Å². The molecule has 1 aromatic carbocycles. The van der Waals surface area contributed by atoms with E-state index in [0.717, 1.165) is 23.8 Å². The summed E-state index contributed by atoms with van der Waals surface area (Å²) in [7, 11) is 1.80. The van der Waals surface area contributed by atoms with Crippen LogP contribution in [-0.4, -0.2) is 18.6 Å². The van der Waals surface area contributed by atoms with Crippen molar-refractivity contribution >= 4 is 11.3 Å². The van der Waals surface area contributed by atoms with Gasteiger partial charge in [0.1, 0.15) is 11.1 Å². The van der Waals surface area contributed by atoms with Crippen LogP contribution in [0, 0.1) is 5.92 Å². The first kappa shape index (κ1) is 14.7. The van der Waals surface area contributed by atoms with Crippen LogP contribution in [0.3, 0.4) is 0 Å². The molecular formula is C17H22N2OS. The number of benzene rings is 1. The number of aromatic nitrogens is 1. The first-order valence-corrected chi connectivity index (χ1v) is 8.43. The van der Waals surface area contributed by atoms with Gasteiger partial charge < -0.3 is 10.1 Å². The van der Waals surface area contributed by atoms with Crippen molar-refractivity contribution in [3.63, 3.8) is 0 Å². The van der Waals surface area contributed by atoms with Gasteiger partial charge in [-0.3, -0.25) is 0 Å². The molecule has 1 aromatic heterocycles. The van der Waals surface area contributed by atoms with Gasteiger partial charge in [-0.1, -0.05) is 37.3 Å². The van der Waals surface area contributed by atoms with Crippen LogP contribution in [0.5, 0.6) is 0 Å². The van der Waals surface area contributed by atoms with Crippen molar-refractivity contribution in [1.82, 2.24) is 10.3 Å². The normalized spacial score (nSPS) is 16.1. The van der Waals surface area contributed by atoms with Crippen molar-refractivity contribution < 1.29 is 4.74 Å². The maximum Gasteiger partial charge on any atom is 0.123 e. The second-order valence-electron chi connectivity index (χ2n) is 5.47. The molecule has 3 rings (SSSR count). The number of thiazole rings is 1. The van der Waals surface area contributed by atoms with Gasteiger partial charge in [0.2, 0.25) is 0 Å². The maximum atomic E-state index is 5.70. The van der Waals surface area contributed by atoms with Crippen LogP contribution in [0.15, 0.2) is 30.3 Å². The van der Waals surface area contributed by atoms with E-state index in [1.807, 2.05) is 0 Å². The molecule has 21 heavy (non-hydrogen) atoms. The second-order valence-corrected chi connectivity index (χ2v) is 6.50. The highest BCUT2D eigenvalue weighted by atomic mass is 32.1. The lowest BCUT2D eigenvalue weighted by atomic mass is 10.1. The van der Waals surface area contributed by atoms with Crippen molar-refractivity contribution in [2.75, 3.05) is 13.7 Å². The van der Waals surface area contributed by atoms with Crippen LogP contribution in [0.25, 0.3) is 10.4 Å². The Morgan fingerprint density at radius 2 is 2.10 bits per heavy atom. The van der Waals surface area contributed by atoms with Gasteiger partial charge in [0.15, 0.2) is 0 Å². The Labute approximate surface area is 130 Å². The van der Waals surface area contributed by atoms with E-state index in [1.54, 1.807) is 18.4 Å². The predicted octanol–water partition coefficient (Wildman–Crippen LogP) is 4.02. The van der Waals surface area contributed by atoms with E-state index < -0.39 is 0 Å². The van der Waals surface area contributed by atoms with Crippen LogP contribution >= 0.6 is 11.3 Å². The number of nitrogens with zero attached hydrogens (tertiary/aromatic N) is 1. The van der Waals surface area contributed by atoms with Crippen LogP contribution in [0.4, 0.5) is 0 Å². The zero-order valence-electron chi connectivity index (χ0n) is 12.6. The van der Waals surface area contributed by atoms with Crippen LogP contribution in [0.2, 0.25) is 0 Å². The molecule has 1 heterocycles. The zero-order chi connectivity index (χ0) is 14.7. The van der Waals surface area contributed by atoms with Crippen molar-refractivity contribution in [2.45, 2.75) is 32.4 Å². The van der Waals surface area contributed by atoms with Gasteiger partial charge >= 0.3 is 0 Å². The molecule has 0 radical (unpaired) electrons. The lowest BCUT2D eigenvalue weighted by Crippen LogP contribution is -2.13. The highest BCUT2D eigenvalue weighted by molar-refractivity contribution is 7.15. The third kappa shape index (κ3) is 3.34. The SMILES string of the molecule is CCNCc1nc(C(OC)C2CC2)sc1-c1ccccc1. The lowest BCUT2D eigenvalue weighted by Gasteiger charge is -2.10. The summed E-state index contributed by atoms with van der Waals surface area (Å²) in [6.07, 6.45) is 2.70. The third-order valence-electron chi connectivity index (χ3n) is 3.84. The largest absolute Gasteiger partial charge is 0.374 e. The summed E-state index contributed by atoms with van der Waals surface area (Å²) >= 11 is 1.79. The van der Waals surface area contributed by atoms with E-state index in [-0.39, 0.29) is 6.10 Å². The monoisotopic (exact) mass is 302 g/mol. The van der Waals surface area contributed by atoms with E-state index in [2.05, 4.69) is 42.6 Å². The summed E-state index contributed by atoms with van der Waals surface area (Å²) in [6.45, 7) is 3.90. The molecule has 0 aliphatic heterocycles. The van der Waals surface area contributed by atoms with Crippen LogP contribution < -0.4 is 5.32 Å². The molecule has 1 atom stereocenters. The summed E-state index contributed by atoms with van der Waals surface area (Å²) in [6, 6.07) is 10.5. The van der Waals surface area contributed by atoms with E-state index in [1.165, 1.54) is 23.3 Å². The minimum Gasteiger partial charge on any atom is -0.374 e. The van der Waals surface area contributed by atoms with Gasteiger partial charge in [0.25, 0.3) is 0 Å². The molecule has 0 bridgehead atoms. The highest BCUT2D eigenvalue weighted by Gasteiger charge is 2.35. The molecule has 1 unspecified atom stereocenters. The number of nitrogens with one attached hydrogen (secondary N) is 1.